The largest absolute Gasteiger partial charge is 0.0622 e. The van der Waals surface area contributed by atoms with E-state index < -0.39 is 0 Å². The molecule has 0 aliphatic carbocycles. The third-order valence-electron chi connectivity index (χ3n) is 14.0. The van der Waals surface area contributed by atoms with E-state index in [1.165, 1.54) is 132 Å². The first-order valence-electron chi connectivity index (χ1n) is 23.6. The van der Waals surface area contributed by atoms with Gasteiger partial charge in [0.1, 0.15) is 0 Å². The summed E-state index contributed by atoms with van der Waals surface area (Å²) in [5.74, 6) is 0. The van der Waals surface area contributed by atoms with Gasteiger partial charge in [0.05, 0.1) is 0 Å². The van der Waals surface area contributed by atoms with Gasteiger partial charge in [0, 0.05) is 0 Å². The summed E-state index contributed by atoms with van der Waals surface area (Å²) < 4.78 is 0. The van der Waals surface area contributed by atoms with Gasteiger partial charge in [-0.15, -0.1) is 0 Å². The Bertz CT molecular complexity index is 3930. The van der Waals surface area contributed by atoms with E-state index in [9.17, 15) is 0 Å². The molecule has 0 bridgehead atoms. The summed E-state index contributed by atoms with van der Waals surface area (Å²) >= 11 is 0. The molecule has 0 unspecified atom stereocenters. The van der Waals surface area contributed by atoms with Crippen LogP contribution in [0.1, 0.15) is 0 Å². The molecule has 0 aliphatic heterocycles. The van der Waals surface area contributed by atoms with Gasteiger partial charge in [-0.25, -0.2) is 0 Å². The summed E-state index contributed by atoms with van der Waals surface area (Å²) in [7, 11) is 0. The van der Waals surface area contributed by atoms with E-state index in [1.54, 1.807) is 0 Å². The minimum atomic E-state index is 1.20. The van der Waals surface area contributed by atoms with Crippen molar-refractivity contribution < 1.29 is 0 Å². The zero-order chi connectivity index (χ0) is 45.0. The van der Waals surface area contributed by atoms with Crippen LogP contribution in [0.25, 0.3) is 132 Å². The molecule has 13 aromatic carbocycles. The highest BCUT2D eigenvalue weighted by Gasteiger charge is 2.20. The lowest BCUT2D eigenvalue weighted by molar-refractivity contribution is 1.60. The maximum Gasteiger partial charge on any atom is -0.00201 e. The number of hydrogen-bond donors (Lipinski definition) is 0. The summed E-state index contributed by atoms with van der Waals surface area (Å²) in [4.78, 5) is 0. The Morgan fingerprint density at radius 3 is 0.985 bits per heavy atom. The van der Waals surface area contributed by atoms with Gasteiger partial charge in [0.15, 0.2) is 0 Å². The van der Waals surface area contributed by atoms with Crippen molar-refractivity contribution in [3.8, 4) is 77.9 Å². The van der Waals surface area contributed by atoms with Crippen LogP contribution in [0.15, 0.2) is 267 Å². The number of fused-ring (bicyclic) bond motifs is 5. The molecule has 68 heavy (non-hydrogen) atoms. The van der Waals surface area contributed by atoms with E-state index in [0.717, 1.165) is 0 Å². The third kappa shape index (κ3) is 6.69. The Hall–Kier alpha value is -8.84. The van der Waals surface area contributed by atoms with Gasteiger partial charge >= 0.3 is 0 Å². The van der Waals surface area contributed by atoms with Crippen molar-refractivity contribution in [1.82, 2.24) is 0 Å². The zero-order valence-electron chi connectivity index (χ0n) is 37.4. The van der Waals surface area contributed by atoms with Crippen molar-refractivity contribution in [3.63, 3.8) is 0 Å². The first-order chi connectivity index (χ1) is 33.7. The van der Waals surface area contributed by atoms with Gasteiger partial charge < -0.3 is 0 Å². The minimum absolute atomic E-state index is 1.20. The van der Waals surface area contributed by atoms with E-state index in [0.29, 0.717) is 0 Å². The number of rotatable bonds is 7. The summed E-state index contributed by atoms with van der Waals surface area (Å²) in [5, 5.41) is 12.5. The second-order valence-corrected chi connectivity index (χ2v) is 17.9. The molecular weight excluding hydrogens is 817 g/mol. The molecule has 0 saturated carbocycles. The smallest absolute Gasteiger partial charge is 0.00201 e. The molecule has 0 aromatic heterocycles. The lowest BCUT2D eigenvalue weighted by Gasteiger charge is -2.20. The molecule has 0 saturated heterocycles. The highest BCUT2D eigenvalue weighted by atomic mass is 14.2. The third-order valence-corrected chi connectivity index (χ3v) is 14.0. The molecule has 0 atom stereocenters. The quantitative estimate of drug-likeness (QED) is 0.140. The van der Waals surface area contributed by atoms with Crippen LogP contribution in [0.2, 0.25) is 0 Å². The molecule has 0 fully saturated rings. The molecule has 316 valence electrons. The SMILES string of the molecule is c1ccc(-c2cccc(-c3c4ccccc4c(-c4ccc5cc(-c6ccc(-c7c8ccccc8c(-c8ccccc8-c8ccccc8)c8ccccc78)cc6)ccc5c4)c4ccccc34)c2)cc1. The number of benzene rings is 13. The minimum Gasteiger partial charge on any atom is -0.0622 e. The first kappa shape index (κ1) is 39.5. The van der Waals surface area contributed by atoms with Crippen molar-refractivity contribution in [3.05, 3.63) is 267 Å². The standard InChI is InChI=1S/C68H44/c1-3-18-45(19-4-1)49-22-17-23-53(43-49)66-57-26-9-11-28-59(57)67(60-29-12-10-27-58(60)66)54-41-40-51-42-50(38-39-52(51)44-54)46-34-36-48(37-35-46)65-61-30-13-15-32-63(61)68(64-33-16-14-31-62(64)65)56-25-8-7-24-55(56)47-20-5-2-6-21-47/h1-44H. The summed E-state index contributed by atoms with van der Waals surface area (Å²) in [5.41, 5.74) is 17.3. The van der Waals surface area contributed by atoms with E-state index in [2.05, 4.69) is 267 Å². The van der Waals surface area contributed by atoms with Crippen molar-refractivity contribution >= 4 is 53.9 Å². The highest BCUT2D eigenvalue weighted by Crippen LogP contribution is 2.48. The van der Waals surface area contributed by atoms with Crippen molar-refractivity contribution in [2.24, 2.45) is 0 Å². The molecule has 0 radical (unpaired) electrons. The van der Waals surface area contributed by atoms with Crippen LogP contribution in [-0.2, 0) is 0 Å². The van der Waals surface area contributed by atoms with Gasteiger partial charge in [0.2, 0.25) is 0 Å². The summed E-state index contributed by atoms with van der Waals surface area (Å²) in [6, 6.07) is 98.2. The second-order valence-electron chi connectivity index (χ2n) is 17.9. The zero-order valence-corrected chi connectivity index (χ0v) is 37.4. The van der Waals surface area contributed by atoms with Gasteiger partial charge in [0.25, 0.3) is 0 Å². The fourth-order valence-electron chi connectivity index (χ4n) is 10.9. The van der Waals surface area contributed by atoms with Crippen LogP contribution in [0.4, 0.5) is 0 Å². The highest BCUT2D eigenvalue weighted by molar-refractivity contribution is 6.23. The van der Waals surface area contributed by atoms with Crippen molar-refractivity contribution in [1.29, 1.82) is 0 Å². The fraction of sp³-hybridized carbons (Fsp3) is 0. The first-order valence-corrected chi connectivity index (χ1v) is 23.6. The molecule has 13 aromatic rings. The molecule has 13 rings (SSSR count). The predicted octanol–water partition coefficient (Wildman–Crippen LogP) is 19.1. The monoisotopic (exact) mass is 860 g/mol. The van der Waals surface area contributed by atoms with Crippen LogP contribution in [0.3, 0.4) is 0 Å². The Morgan fingerprint density at radius 1 is 0.147 bits per heavy atom. The fourth-order valence-corrected chi connectivity index (χ4v) is 10.9. The summed E-state index contributed by atoms with van der Waals surface area (Å²) in [6.45, 7) is 0. The molecule has 0 nitrogen and oxygen atoms in total. The predicted molar refractivity (Wildman–Crippen MR) is 292 cm³/mol. The molecule has 0 heterocycles. The molecule has 0 heteroatoms. The number of hydrogen-bond acceptors (Lipinski definition) is 0. The van der Waals surface area contributed by atoms with Crippen LogP contribution in [0.5, 0.6) is 0 Å². The average Bonchev–Trinajstić information content (AvgIpc) is 3.42. The van der Waals surface area contributed by atoms with E-state index in [4.69, 9.17) is 0 Å². The van der Waals surface area contributed by atoms with Crippen LogP contribution in [0, 0.1) is 0 Å². The lowest BCUT2D eigenvalue weighted by Crippen LogP contribution is -1.92. The van der Waals surface area contributed by atoms with Gasteiger partial charge in [-0.3, -0.25) is 0 Å². The Labute approximate surface area is 396 Å². The maximum absolute atomic E-state index is 2.38. The van der Waals surface area contributed by atoms with Crippen LogP contribution in [-0.4, -0.2) is 0 Å². The van der Waals surface area contributed by atoms with Gasteiger partial charge in [-0.1, -0.05) is 249 Å². The van der Waals surface area contributed by atoms with E-state index in [-0.39, 0.29) is 0 Å². The second kappa shape index (κ2) is 16.5. The van der Waals surface area contributed by atoms with Crippen LogP contribution >= 0.6 is 0 Å². The Kier molecular flexibility index (Phi) is 9.62. The van der Waals surface area contributed by atoms with Crippen molar-refractivity contribution in [2.75, 3.05) is 0 Å². The topological polar surface area (TPSA) is 0 Å². The Morgan fingerprint density at radius 2 is 0.456 bits per heavy atom. The van der Waals surface area contributed by atoms with E-state index >= 15 is 0 Å². The Balaban J connectivity index is 0.882. The molecule has 0 spiro atoms. The van der Waals surface area contributed by atoms with Gasteiger partial charge in [-0.05, 0) is 150 Å². The molecule has 0 N–H and O–H groups in total. The van der Waals surface area contributed by atoms with Crippen molar-refractivity contribution in [2.45, 2.75) is 0 Å². The molecule has 0 aliphatic rings. The van der Waals surface area contributed by atoms with Gasteiger partial charge in [-0.2, -0.15) is 0 Å². The molecule has 0 amide bonds. The maximum atomic E-state index is 2.38. The summed E-state index contributed by atoms with van der Waals surface area (Å²) in [6.07, 6.45) is 0. The van der Waals surface area contributed by atoms with E-state index in [1.807, 2.05) is 0 Å². The average molecular weight is 861 g/mol. The normalized spacial score (nSPS) is 11.5. The lowest BCUT2D eigenvalue weighted by atomic mass is 9.83. The van der Waals surface area contributed by atoms with Crippen LogP contribution < -0.4 is 0 Å². The molecular formula is C68H44.